The summed E-state index contributed by atoms with van der Waals surface area (Å²) in [6.07, 6.45) is 1.14. The first-order valence-corrected chi connectivity index (χ1v) is 7.31. The van der Waals surface area contributed by atoms with E-state index in [-0.39, 0.29) is 6.04 Å². The van der Waals surface area contributed by atoms with Gasteiger partial charge in [0.1, 0.15) is 11.3 Å². The van der Waals surface area contributed by atoms with Crippen LogP contribution in [-0.2, 0) is 0 Å². The molecular weight excluding hydrogens is 234 g/mol. The minimum Gasteiger partial charge on any atom is -0.459 e. The summed E-state index contributed by atoms with van der Waals surface area (Å²) in [7, 11) is 0. The fraction of sp³-hybridized carbons (Fsp3) is 0.529. The summed E-state index contributed by atoms with van der Waals surface area (Å²) >= 11 is 0. The van der Waals surface area contributed by atoms with Gasteiger partial charge in [0.15, 0.2) is 0 Å². The second-order valence-electron chi connectivity index (χ2n) is 5.69. The number of aryl methyl sites for hydroxylation is 1. The molecule has 2 heteroatoms. The molecule has 1 atom stereocenters. The highest BCUT2D eigenvalue weighted by molar-refractivity contribution is 5.85. The molecule has 104 valence electrons. The van der Waals surface area contributed by atoms with E-state index >= 15 is 0 Å². The SMILES string of the molecule is CCCNC(C)c1cc2c(C(C)C)ccc(C)c2o1. The van der Waals surface area contributed by atoms with Gasteiger partial charge in [-0.1, -0.05) is 32.9 Å². The molecule has 0 aliphatic rings. The molecule has 0 aliphatic heterocycles. The Morgan fingerprint density at radius 1 is 1.21 bits per heavy atom. The number of furan rings is 1. The van der Waals surface area contributed by atoms with Crippen LogP contribution in [0.4, 0.5) is 0 Å². The molecule has 0 radical (unpaired) electrons. The van der Waals surface area contributed by atoms with Crippen LogP contribution in [0, 0.1) is 6.92 Å². The minimum absolute atomic E-state index is 0.270. The van der Waals surface area contributed by atoms with Crippen LogP contribution in [0.2, 0.25) is 0 Å². The third-order valence-electron chi connectivity index (χ3n) is 3.68. The minimum atomic E-state index is 0.270. The van der Waals surface area contributed by atoms with Crippen molar-refractivity contribution in [2.75, 3.05) is 6.54 Å². The summed E-state index contributed by atoms with van der Waals surface area (Å²) in [5.41, 5.74) is 3.64. The first-order chi connectivity index (χ1) is 9.04. The van der Waals surface area contributed by atoms with Gasteiger partial charge in [0.2, 0.25) is 0 Å². The van der Waals surface area contributed by atoms with Crippen LogP contribution >= 0.6 is 0 Å². The average Bonchev–Trinajstić information content (AvgIpc) is 2.81. The van der Waals surface area contributed by atoms with Gasteiger partial charge in [-0.25, -0.2) is 0 Å². The van der Waals surface area contributed by atoms with Gasteiger partial charge in [-0.15, -0.1) is 0 Å². The van der Waals surface area contributed by atoms with Crippen molar-refractivity contribution in [1.82, 2.24) is 5.32 Å². The Balaban J connectivity index is 2.44. The smallest absolute Gasteiger partial charge is 0.137 e. The molecule has 1 aromatic carbocycles. The highest BCUT2D eigenvalue weighted by atomic mass is 16.3. The molecule has 0 saturated carbocycles. The van der Waals surface area contributed by atoms with Gasteiger partial charge in [0.25, 0.3) is 0 Å². The second kappa shape index (κ2) is 5.79. The van der Waals surface area contributed by atoms with Crippen LogP contribution in [0.1, 0.15) is 63.0 Å². The van der Waals surface area contributed by atoms with Crippen molar-refractivity contribution in [3.05, 3.63) is 35.1 Å². The summed E-state index contributed by atoms with van der Waals surface area (Å²) in [5, 5.41) is 4.76. The van der Waals surface area contributed by atoms with E-state index in [1.165, 1.54) is 16.5 Å². The predicted octanol–water partition coefficient (Wildman–Crippen LogP) is 4.93. The summed E-state index contributed by atoms with van der Waals surface area (Å²) < 4.78 is 6.09. The lowest BCUT2D eigenvalue weighted by molar-refractivity contribution is 0.451. The molecule has 19 heavy (non-hydrogen) atoms. The lowest BCUT2D eigenvalue weighted by Crippen LogP contribution is -2.18. The number of nitrogens with one attached hydrogen (secondary N) is 1. The fourth-order valence-electron chi connectivity index (χ4n) is 2.48. The zero-order valence-electron chi connectivity index (χ0n) is 12.7. The fourth-order valence-corrected chi connectivity index (χ4v) is 2.48. The molecule has 0 spiro atoms. The van der Waals surface area contributed by atoms with Crippen LogP contribution in [0.15, 0.2) is 22.6 Å². The molecule has 2 nitrogen and oxygen atoms in total. The van der Waals surface area contributed by atoms with Gasteiger partial charge in [-0.3, -0.25) is 0 Å². The van der Waals surface area contributed by atoms with E-state index in [1.54, 1.807) is 0 Å². The van der Waals surface area contributed by atoms with Gasteiger partial charge < -0.3 is 9.73 Å². The van der Waals surface area contributed by atoms with Crippen molar-refractivity contribution in [2.45, 2.75) is 53.0 Å². The van der Waals surface area contributed by atoms with Crippen LogP contribution in [0.5, 0.6) is 0 Å². The molecular formula is C17H25NO. The van der Waals surface area contributed by atoms with Crippen molar-refractivity contribution in [2.24, 2.45) is 0 Å². The average molecular weight is 259 g/mol. The highest BCUT2D eigenvalue weighted by Crippen LogP contribution is 2.32. The van der Waals surface area contributed by atoms with Crippen molar-refractivity contribution < 1.29 is 4.42 Å². The predicted molar refractivity (Wildman–Crippen MR) is 81.7 cm³/mol. The van der Waals surface area contributed by atoms with Crippen LogP contribution in [0.3, 0.4) is 0 Å². The molecule has 0 amide bonds. The Morgan fingerprint density at radius 2 is 1.95 bits per heavy atom. The maximum Gasteiger partial charge on any atom is 0.137 e. The van der Waals surface area contributed by atoms with Crippen LogP contribution in [0.25, 0.3) is 11.0 Å². The van der Waals surface area contributed by atoms with Gasteiger partial charge in [0, 0.05) is 5.39 Å². The van der Waals surface area contributed by atoms with E-state index in [1.807, 2.05) is 0 Å². The van der Waals surface area contributed by atoms with E-state index in [0.717, 1.165) is 24.3 Å². The first-order valence-electron chi connectivity index (χ1n) is 7.31. The standard InChI is InChI=1S/C17H25NO/c1-6-9-18-13(5)16-10-15-14(11(2)3)8-7-12(4)17(15)19-16/h7-8,10-11,13,18H,6,9H2,1-5H3. The largest absolute Gasteiger partial charge is 0.459 e. The topological polar surface area (TPSA) is 25.2 Å². The number of benzene rings is 1. The van der Waals surface area contributed by atoms with E-state index < -0.39 is 0 Å². The third-order valence-corrected chi connectivity index (χ3v) is 3.68. The lowest BCUT2D eigenvalue weighted by atomic mass is 9.97. The maximum absolute atomic E-state index is 6.09. The molecule has 1 aromatic heterocycles. The van der Waals surface area contributed by atoms with Gasteiger partial charge in [0.05, 0.1) is 6.04 Å². The van der Waals surface area contributed by atoms with Crippen molar-refractivity contribution in [3.63, 3.8) is 0 Å². The Hall–Kier alpha value is -1.28. The van der Waals surface area contributed by atoms with Gasteiger partial charge in [-0.05, 0) is 49.9 Å². The lowest BCUT2D eigenvalue weighted by Gasteiger charge is -2.09. The zero-order chi connectivity index (χ0) is 14.0. The molecule has 2 rings (SSSR count). The molecule has 0 aliphatic carbocycles. The van der Waals surface area contributed by atoms with Crippen molar-refractivity contribution in [3.8, 4) is 0 Å². The van der Waals surface area contributed by atoms with E-state index in [4.69, 9.17) is 4.42 Å². The van der Waals surface area contributed by atoms with E-state index in [9.17, 15) is 0 Å². The first kappa shape index (κ1) is 14.1. The number of fused-ring (bicyclic) bond motifs is 1. The van der Waals surface area contributed by atoms with E-state index in [2.05, 4.69) is 58.1 Å². The molecule has 0 fully saturated rings. The normalized spacial score (nSPS) is 13.4. The Labute approximate surface area is 116 Å². The molecule has 1 unspecified atom stereocenters. The van der Waals surface area contributed by atoms with Crippen molar-refractivity contribution in [1.29, 1.82) is 0 Å². The summed E-state index contributed by atoms with van der Waals surface area (Å²) in [5.74, 6) is 1.56. The summed E-state index contributed by atoms with van der Waals surface area (Å²) in [6, 6.07) is 6.87. The second-order valence-corrected chi connectivity index (χ2v) is 5.69. The Morgan fingerprint density at radius 3 is 2.58 bits per heavy atom. The number of hydrogen-bond donors (Lipinski definition) is 1. The van der Waals surface area contributed by atoms with Crippen LogP contribution in [-0.4, -0.2) is 6.54 Å². The van der Waals surface area contributed by atoms with Crippen LogP contribution < -0.4 is 5.32 Å². The highest BCUT2D eigenvalue weighted by Gasteiger charge is 2.15. The number of hydrogen-bond acceptors (Lipinski definition) is 2. The Kier molecular flexibility index (Phi) is 4.31. The molecule has 1 N–H and O–H groups in total. The molecule has 2 aromatic rings. The van der Waals surface area contributed by atoms with Gasteiger partial charge in [-0.2, -0.15) is 0 Å². The molecule has 0 saturated heterocycles. The van der Waals surface area contributed by atoms with E-state index in [0.29, 0.717) is 5.92 Å². The van der Waals surface area contributed by atoms with Crippen molar-refractivity contribution >= 4 is 11.0 Å². The molecule has 0 bridgehead atoms. The summed E-state index contributed by atoms with van der Waals surface area (Å²) in [4.78, 5) is 0. The molecule has 1 heterocycles. The summed E-state index contributed by atoms with van der Waals surface area (Å²) in [6.45, 7) is 11.9. The number of rotatable bonds is 5. The van der Waals surface area contributed by atoms with Gasteiger partial charge >= 0.3 is 0 Å². The maximum atomic E-state index is 6.09. The quantitative estimate of drug-likeness (QED) is 0.824. The Bertz CT molecular complexity index is 554. The monoisotopic (exact) mass is 259 g/mol. The zero-order valence-corrected chi connectivity index (χ0v) is 12.7. The third kappa shape index (κ3) is 2.84.